The predicted octanol–water partition coefficient (Wildman–Crippen LogP) is 3.64. The van der Waals surface area contributed by atoms with Gasteiger partial charge in [-0.25, -0.2) is 12.8 Å². The van der Waals surface area contributed by atoms with Crippen molar-refractivity contribution in [3.63, 3.8) is 0 Å². The highest BCUT2D eigenvalue weighted by Gasteiger charge is 2.28. The summed E-state index contributed by atoms with van der Waals surface area (Å²) in [5.41, 5.74) is 0. The molecule has 1 atom stereocenters. The Bertz CT molecular complexity index is 546. The lowest BCUT2D eigenvalue weighted by atomic mass is 10.1. The van der Waals surface area contributed by atoms with Gasteiger partial charge in [-0.15, -0.1) is 0 Å². The predicted molar refractivity (Wildman–Crippen MR) is 78.0 cm³/mol. The van der Waals surface area contributed by atoms with Crippen LogP contribution in [0.4, 0.5) is 4.39 Å². The Hall–Kier alpha value is -0.460. The number of benzene rings is 1. The Labute approximate surface area is 123 Å². The molecule has 0 aliphatic rings. The van der Waals surface area contributed by atoms with Gasteiger partial charge in [-0.2, -0.15) is 4.31 Å². The molecule has 0 heterocycles. The van der Waals surface area contributed by atoms with Gasteiger partial charge in [0.05, 0.1) is 0 Å². The minimum atomic E-state index is -3.79. The van der Waals surface area contributed by atoms with Crippen LogP contribution in [0.1, 0.15) is 27.2 Å². The molecule has 0 saturated carbocycles. The number of nitrogens with zero attached hydrogens (tertiary/aromatic N) is 1. The van der Waals surface area contributed by atoms with Crippen molar-refractivity contribution in [2.75, 3.05) is 7.05 Å². The molecule has 1 rings (SSSR count). The van der Waals surface area contributed by atoms with E-state index in [9.17, 15) is 12.8 Å². The van der Waals surface area contributed by atoms with Crippen molar-refractivity contribution < 1.29 is 12.8 Å². The zero-order valence-electron chi connectivity index (χ0n) is 11.5. The molecule has 0 aliphatic carbocycles. The van der Waals surface area contributed by atoms with Crippen LogP contribution in [0, 0.1) is 11.7 Å². The van der Waals surface area contributed by atoms with Gasteiger partial charge < -0.3 is 0 Å². The van der Waals surface area contributed by atoms with Crippen LogP contribution in [0.3, 0.4) is 0 Å². The summed E-state index contributed by atoms with van der Waals surface area (Å²) >= 11 is 3.11. The summed E-state index contributed by atoms with van der Waals surface area (Å²) in [5, 5.41) is 0. The highest BCUT2D eigenvalue weighted by Crippen LogP contribution is 2.24. The molecule has 0 aromatic heterocycles. The third-order valence-electron chi connectivity index (χ3n) is 2.98. The maximum absolute atomic E-state index is 13.8. The third-order valence-corrected chi connectivity index (χ3v) is 5.48. The maximum Gasteiger partial charge on any atom is 0.245 e. The molecule has 1 aromatic rings. The Morgan fingerprint density at radius 2 is 1.89 bits per heavy atom. The molecule has 1 unspecified atom stereocenters. The summed E-state index contributed by atoms with van der Waals surface area (Å²) < 4.78 is 40.3. The van der Waals surface area contributed by atoms with Gasteiger partial charge in [-0.05, 0) is 37.5 Å². The average Bonchev–Trinajstić information content (AvgIpc) is 2.26. The normalized spacial score (nSPS) is 14.1. The van der Waals surface area contributed by atoms with E-state index in [4.69, 9.17) is 0 Å². The highest BCUT2D eigenvalue weighted by atomic mass is 79.9. The molecule has 6 heteroatoms. The van der Waals surface area contributed by atoms with Gasteiger partial charge in [0.2, 0.25) is 10.0 Å². The van der Waals surface area contributed by atoms with Crippen molar-refractivity contribution in [2.45, 2.75) is 38.1 Å². The molecule has 0 N–H and O–H groups in total. The summed E-state index contributed by atoms with van der Waals surface area (Å²) in [6.45, 7) is 5.88. The Morgan fingerprint density at radius 3 is 2.37 bits per heavy atom. The average molecular weight is 352 g/mol. The second kappa shape index (κ2) is 6.33. The first-order valence-electron chi connectivity index (χ1n) is 6.09. The van der Waals surface area contributed by atoms with E-state index in [-0.39, 0.29) is 10.9 Å². The van der Waals surface area contributed by atoms with E-state index in [1.807, 2.05) is 20.8 Å². The molecule has 108 valence electrons. The van der Waals surface area contributed by atoms with Crippen LogP contribution in [-0.2, 0) is 10.0 Å². The third kappa shape index (κ3) is 4.00. The molecule has 19 heavy (non-hydrogen) atoms. The van der Waals surface area contributed by atoms with Gasteiger partial charge in [0, 0.05) is 17.6 Å². The summed E-state index contributed by atoms with van der Waals surface area (Å²) in [4.78, 5) is -0.284. The van der Waals surface area contributed by atoms with Crippen molar-refractivity contribution in [1.29, 1.82) is 0 Å². The topological polar surface area (TPSA) is 37.4 Å². The Kier molecular flexibility index (Phi) is 5.53. The standard InChI is InChI=1S/C13H19BrFNO2S/c1-9(2)7-10(3)16(4)19(17,18)13-6-5-11(14)8-12(13)15/h5-6,8-10H,7H2,1-4H3. The van der Waals surface area contributed by atoms with Crippen LogP contribution in [0.5, 0.6) is 0 Å². The van der Waals surface area contributed by atoms with Crippen molar-refractivity contribution in [1.82, 2.24) is 4.31 Å². The van der Waals surface area contributed by atoms with E-state index in [0.29, 0.717) is 10.4 Å². The molecular formula is C13H19BrFNO2S. The van der Waals surface area contributed by atoms with Gasteiger partial charge in [-0.1, -0.05) is 29.8 Å². The SMILES string of the molecule is CC(C)CC(C)N(C)S(=O)(=O)c1ccc(Br)cc1F. The first kappa shape index (κ1) is 16.6. The van der Waals surface area contributed by atoms with Crippen molar-refractivity contribution in [3.8, 4) is 0 Å². The molecule has 0 amide bonds. The zero-order valence-corrected chi connectivity index (χ0v) is 13.9. The minimum absolute atomic E-state index is 0.173. The van der Waals surface area contributed by atoms with E-state index in [1.54, 1.807) is 0 Å². The van der Waals surface area contributed by atoms with E-state index in [0.717, 1.165) is 12.5 Å². The van der Waals surface area contributed by atoms with Gasteiger partial charge in [0.15, 0.2) is 0 Å². The molecule has 0 bridgehead atoms. The molecular weight excluding hydrogens is 333 g/mol. The second-order valence-electron chi connectivity index (χ2n) is 5.07. The highest BCUT2D eigenvalue weighted by molar-refractivity contribution is 9.10. The number of hydrogen-bond acceptors (Lipinski definition) is 2. The second-order valence-corrected chi connectivity index (χ2v) is 7.96. The lowest BCUT2D eigenvalue weighted by Gasteiger charge is -2.25. The summed E-state index contributed by atoms with van der Waals surface area (Å²) in [6.07, 6.45) is 0.730. The van der Waals surface area contributed by atoms with Crippen LogP contribution in [0.25, 0.3) is 0 Å². The Balaban J connectivity index is 3.09. The van der Waals surface area contributed by atoms with Crippen molar-refractivity contribution in [2.24, 2.45) is 5.92 Å². The number of hydrogen-bond donors (Lipinski definition) is 0. The van der Waals surface area contributed by atoms with Crippen molar-refractivity contribution in [3.05, 3.63) is 28.5 Å². The van der Waals surface area contributed by atoms with Gasteiger partial charge in [-0.3, -0.25) is 0 Å². The van der Waals surface area contributed by atoms with Gasteiger partial charge >= 0.3 is 0 Å². The van der Waals surface area contributed by atoms with Crippen LogP contribution in [0.2, 0.25) is 0 Å². The minimum Gasteiger partial charge on any atom is -0.207 e. The monoisotopic (exact) mass is 351 g/mol. The van der Waals surface area contributed by atoms with E-state index < -0.39 is 15.8 Å². The molecule has 0 spiro atoms. The Morgan fingerprint density at radius 1 is 1.32 bits per heavy atom. The van der Waals surface area contributed by atoms with Crippen LogP contribution >= 0.6 is 15.9 Å². The summed E-state index contributed by atoms with van der Waals surface area (Å²) in [5.74, 6) is -0.361. The van der Waals surface area contributed by atoms with Crippen LogP contribution in [-0.4, -0.2) is 25.8 Å². The molecule has 1 aromatic carbocycles. The van der Waals surface area contributed by atoms with Crippen LogP contribution < -0.4 is 0 Å². The quantitative estimate of drug-likeness (QED) is 0.811. The summed E-state index contributed by atoms with van der Waals surface area (Å²) in [6, 6.07) is 3.80. The van der Waals surface area contributed by atoms with Crippen LogP contribution in [0.15, 0.2) is 27.6 Å². The largest absolute Gasteiger partial charge is 0.245 e. The lowest BCUT2D eigenvalue weighted by molar-refractivity contribution is 0.336. The number of rotatable bonds is 5. The van der Waals surface area contributed by atoms with E-state index in [2.05, 4.69) is 15.9 Å². The van der Waals surface area contributed by atoms with Gasteiger partial charge in [0.1, 0.15) is 10.7 Å². The maximum atomic E-state index is 13.8. The van der Waals surface area contributed by atoms with E-state index in [1.165, 1.54) is 23.5 Å². The fourth-order valence-electron chi connectivity index (χ4n) is 1.91. The van der Waals surface area contributed by atoms with E-state index >= 15 is 0 Å². The first-order chi connectivity index (χ1) is 8.66. The molecule has 0 fully saturated rings. The molecule has 0 aliphatic heterocycles. The fourth-order valence-corrected chi connectivity index (χ4v) is 3.66. The first-order valence-corrected chi connectivity index (χ1v) is 8.32. The summed E-state index contributed by atoms with van der Waals surface area (Å²) in [7, 11) is -2.30. The number of halogens is 2. The lowest BCUT2D eigenvalue weighted by Crippen LogP contribution is -2.36. The smallest absolute Gasteiger partial charge is 0.207 e. The fraction of sp³-hybridized carbons (Fsp3) is 0.538. The number of sulfonamides is 1. The zero-order chi connectivity index (χ0) is 14.8. The van der Waals surface area contributed by atoms with Gasteiger partial charge in [0.25, 0.3) is 0 Å². The molecule has 3 nitrogen and oxygen atoms in total. The molecule has 0 radical (unpaired) electrons. The van der Waals surface area contributed by atoms with Crippen molar-refractivity contribution >= 4 is 26.0 Å². The molecule has 0 saturated heterocycles.